The van der Waals surface area contributed by atoms with E-state index < -0.39 is 10.0 Å². The third-order valence-electron chi connectivity index (χ3n) is 4.17. The van der Waals surface area contributed by atoms with E-state index in [9.17, 15) is 13.2 Å². The number of rotatable bonds is 7. The topological polar surface area (TPSA) is 84.5 Å². The van der Waals surface area contributed by atoms with Gasteiger partial charge in [0.2, 0.25) is 15.9 Å². The van der Waals surface area contributed by atoms with Crippen LogP contribution in [0.25, 0.3) is 0 Å². The Morgan fingerprint density at radius 1 is 1.08 bits per heavy atom. The molecule has 0 unspecified atom stereocenters. The third-order valence-corrected chi connectivity index (χ3v) is 5.73. The molecule has 0 heterocycles. The molecule has 0 spiro atoms. The molecule has 0 atom stereocenters. The van der Waals surface area contributed by atoms with Crippen LogP contribution < -0.4 is 14.8 Å². The zero-order valence-electron chi connectivity index (χ0n) is 15.4. The van der Waals surface area contributed by atoms with E-state index in [1.165, 1.54) is 13.1 Å². The quantitative estimate of drug-likeness (QED) is 0.778. The molecular weight excluding hydrogens is 352 g/mol. The van der Waals surface area contributed by atoms with Crippen LogP contribution in [0.2, 0.25) is 0 Å². The normalized spacial score (nSPS) is 11.2. The Balaban J connectivity index is 1.98. The molecule has 0 aromatic heterocycles. The van der Waals surface area contributed by atoms with Crippen molar-refractivity contribution in [3.63, 3.8) is 0 Å². The highest BCUT2D eigenvalue weighted by Crippen LogP contribution is 2.21. The number of anilines is 1. The Morgan fingerprint density at radius 2 is 1.81 bits per heavy atom. The predicted octanol–water partition coefficient (Wildman–Crippen LogP) is 2.93. The monoisotopic (exact) mass is 376 g/mol. The van der Waals surface area contributed by atoms with Gasteiger partial charge in [0, 0.05) is 5.69 Å². The van der Waals surface area contributed by atoms with E-state index in [-0.39, 0.29) is 23.8 Å². The molecule has 0 saturated heterocycles. The van der Waals surface area contributed by atoms with Gasteiger partial charge in [0.25, 0.3) is 0 Å². The lowest BCUT2D eigenvalue weighted by Crippen LogP contribution is -2.20. The van der Waals surface area contributed by atoms with Gasteiger partial charge in [-0.25, -0.2) is 13.1 Å². The fraction of sp³-hybridized carbons (Fsp3) is 0.316. The molecule has 0 saturated carbocycles. The zero-order valence-corrected chi connectivity index (χ0v) is 16.2. The van der Waals surface area contributed by atoms with Crippen molar-refractivity contribution in [3.05, 3.63) is 53.1 Å². The number of ether oxygens (including phenoxy) is 1. The minimum atomic E-state index is -3.57. The second-order valence-corrected chi connectivity index (χ2v) is 7.89. The number of nitrogens with one attached hydrogen (secondary N) is 2. The van der Waals surface area contributed by atoms with Crippen molar-refractivity contribution in [2.75, 3.05) is 19.0 Å². The van der Waals surface area contributed by atoms with E-state index >= 15 is 0 Å². The summed E-state index contributed by atoms with van der Waals surface area (Å²) in [6.45, 7) is 5.92. The molecule has 2 aromatic carbocycles. The Bertz CT molecular complexity index is 908. The second-order valence-electron chi connectivity index (χ2n) is 6.03. The van der Waals surface area contributed by atoms with Crippen molar-refractivity contribution in [3.8, 4) is 5.75 Å². The molecule has 2 rings (SSSR count). The van der Waals surface area contributed by atoms with Crippen molar-refractivity contribution < 1.29 is 17.9 Å². The van der Waals surface area contributed by atoms with Crippen LogP contribution >= 0.6 is 0 Å². The van der Waals surface area contributed by atoms with Crippen LogP contribution in [0.15, 0.2) is 41.3 Å². The number of hydrogen-bond acceptors (Lipinski definition) is 4. The van der Waals surface area contributed by atoms with Crippen LogP contribution in [0.3, 0.4) is 0 Å². The van der Waals surface area contributed by atoms with Crippen LogP contribution in [0.5, 0.6) is 5.75 Å². The summed E-state index contributed by atoms with van der Waals surface area (Å²) < 4.78 is 32.0. The Labute approximate surface area is 154 Å². The number of aryl methyl sites for hydroxylation is 2. The van der Waals surface area contributed by atoms with Crippen molar-refractivity contribution in [2.24, 2.45) is 0 Å². The van der Waals surface area contributed by atoms with Gasteiger partial charge in [-0.3, -0.25) is 4.79 Å². The standard InChI is InChI=1S/C19H24N2O4S/c1-13-6-5-7-17(15(13)3)25-11-10-19(22)21-16-9-8-14(2)18(12-16)26(23,24)20-4/h5-9,12,20H,10-11H2,1-4H3,(H,21,22). The Morgan fingerprint density at radius 3 is 2.50 bits per heavy atom. The molecule has 2 aromatic rings. The zero-order chi connectivity index (χ0) is 19.3. The molecule has 7 heteroatoms. The highest BCUT2D eigenvalue weighted by molar-refractivity contribution is 7.89. The van der Waals surface area contributed by atoms with Crippen molar-refractivity contribution in [1.82, 2.24) is 4.72 Å². The molecule has 2 N–H and O–H groups in total. The first-order valence-electron chi connectivity index (χ1n) is 8.27. The SMILES string of the molecule is CNS(=O)(=O)c1cc(NC(=O)CCOc2cccc(C)c2C)ccc1C. The average Bonchev–Trinajstić information content (AvgIpc) is 2.60. The summed E-state index contributed by atoms with van der Waals surface area (Å²) in [5.41, 5.74) is 3.22. The molecular formula is C19H24N2O4S. The van der Waals surface area contributed by atoms with Crippen LogP contribution in [-0.4, -0.2) is 28.0 Å². The van der Waals surface area contributed by atoms with Gasteiger partial charge in [0.15, 0.2) is 0 Å². The predicted molar refractivity (Wildman–Crippen MR) is 102 cm³/mol. The van der Waals surface area contributed by atoms with Gasteiger partial charge in [-0.2, -0.15) is 0 Å². The highest BCUT2D eigenvalue weighted by atomic mass is 32.2. The first-order chi connectivity index (χ1) is 12.2. The number of sulfonamides is 1. The summed E-state index contributed by atoms with van der Waals surface area (Å²) in [4.78, 5) is 12.3. The number of amides is 1. The first kappa shape index (κ1) is 19.9. The Kier molecular flexibility index (Phi) is 6.39. The summed E-state index contributed by atoms with van der Waals surface area (Å²) in [5.74, 6) is 0.516. The van der Waals surface area contributed by atoms with Gasteiger partial charge in [0.1, 0.15) is 5.75 Å². The fourth-order valence-electron chi connectivity index (χ4n) is 2.44. The Hall–Kier alpha value is -2.38. The molecule has 0 aliphatic heterocycles. The number of hydrogen-bond donors (Lipinski definition) is 2. The van der Waals surface area contributed by atoms with Crippen LogP contribution in [0, 0.1) is 20.8 Å². The van der Waals surface area contributed by atoms with Gasteiger partial charge in [-0.05, 0) is 62.7 Å². The van der Waals surface area contributed by atoms with Gasteiger partial charge >= 0.3 is 0 Å². The van der Waals surface area contributed by atoms with Gasteiger partial charge < -0.3 is 10.1 Å². The van der Waals surface area contributed by atoms with Gasteiger partial charge in [-0.15, -0.1) is 0 Å². The van der Waals surface area contributed by atoms with E-state index in [2.05, 4.69) is 10.0 Å². The lowest BCUT2D eigenvalue weighted by Gasteiger charge is -2.12. The van der Waals surface area contributed by atoms with Crippen molar-refractivity contribution >= 4 is 21.6 Å². The van der Waals surface area contributed by atoms with E-state index in [0.717, 1.165) is 16.9 Å². The second kappa shape index (κ2) is 8.33. The molecule has 140 valence electrons. The molecule has 6 nitrogen and oxygen atoms in total. The van der Waals surface area contributed by atoms with Crippen LogP contribution in [-0.2, 0) is 14.8 Å². The highest BCUT2D eigenvalue weighted by Gasteiger charge is 2.15. The molecule has 1 amide bonds. The summed E-state index contributed by atoms with van der Waals surface area (Å²) in [6, 6.07) is 10.6. The smallest absolute Gasteiger partial charge is 0.240 e. The van der Waals surface area contributed by atoms with Gasteiger partial charge in [0.05, 0.1) is 17.9 Å². The van der Waals surface area contributed by atoms with E-state index in [4.69, 9.17) is 4.74 Å². The van der Waals surface area contributed by atoms with E-state index in [1.54, 1.807) is 19.1 Å². The molecule has 0 radical (unpaired) electrons. The lowest BCUT2D eigenvalue weighted by molar-refractivity contribution is -0.116. The molecule has 0 aliphatic rings. The molecule has 0 aliphatic carbocycles. The number of carbonyl (C=O) groups excluding carboxylic acids is 1. The maximum absolute atomic E-state index is 12.1. The molecule has 26 heavy (non-hydrogen) atoms. The summed E-state index contributed by atoms with van der Waals surface area (Å²) in [5, 5.41) is 2.71. The van der Waals surface area contributed by atoms with E-state index in [0.29, 0.717) is 11.3 Å². The molecule has 0 fully saturated rings. The molecule has 0 bridgehead atoms. The van der Waals surface area contributed by atoms with Crippen LogP contribution in [0.4, 0.5) is 5.69 Å². The summed E-state index contributed by atoms with van der Waals surface area (Å²) in [7, 11) is -2.22. The summed E-state index contributed by atoms with van der Waals surface area (Å²) in [6.07, 6.45) is 0.162. The third kappa shape index (κ3) is 4.83. The van der Waals surface area contributed by atoms with Gasteiger partial charge in [-0.1, -0.05) is 18.2 Å². The maximum Gasteiger partial charge on any atom is 0.240 e. The largest absolute Gasteiger partial charge is 0.493 e. The average molecular weight is 376 g/mol. The van der Waals surface area contributed by atoms with Crippen molar-refractivity contribution in [2.45, 2.75) is 32.1 Å². The lowest BCUT2D eigenvalue weighted by atomic mass is 10.1. The minimum absolute atomic E-state index is 0.143. The first-order valence-corrected chi connectivity index (χ1v) is 9.76. The van der Waals surface area contributed by atoms with Crippen LogP contribution in [0.1, 0.15) is 23.1 Å². The maximum atomic E-state index is 12.1. The summed E-state index contributed by atoms with van der Waals surface area (Å²) >= 11 is 0. The number of benzene rings is 2. The number of carbonyl (C=O) groups is 1. The fourth-order valence-corrected chi connectivity index (χ4v) is 3.43. The minimum Gasteiger partial charge on any atom is -0.493 e. The van der Waals surface area contributed by atoms with E-state index in [1.807, 2.05) is 32.0 Å². The van der Waals surface area contributed by atoms with Crippen molar-refractivity contribution in [1.29, 1.82) is 0 Å².